The fraction of sp³-hybridized carbons (Fsp3) is 0.273. The van der Waals surface area contributed by atoms with Crippen LogP contribution in [-0.2, 0) is 0 Å². The van der Waals surface area contributed by atoms with Gasteiger partial charge < -0.3 is 0 Å². The van der Waals surface area contributed by atoms with E-state index >= 15 is 0 Å². The van der Waals surface area contributed by atoms with Crippen LogP contribution in [0.3, 0.4) is 0 Å². The number of hydrogen-bond acceptors (Lipinski definition) is 0. The van der Waals surface area contributed by atoms with Crippen LogP contribution in [0.2, 0.25) is 0 Å². The highest BCUT2D eigenvalue weighted by Crippen LogP contribution is 2.33. The first kappa shape index (κ1) is 26.1. The summed E-state index contributed by atoms with van der Waals surface area (Å²) in [5, 5.41) is 0. The Kier molecular flexibility index (Phi) is 10.1. The molecule has 172 valence electrons. The number of rotatable bonds is 10. The zero-order chi connectivity index (χ0) is 24.4. The Morgan fingerprint density at radius 1 is 0.758 bits per heavy atom. The van der Waals surface area contributed by atoms with Crippen molar-refractivity contribution in [1.82, 2.24) is 0 Å². The summed E-state index contributed by atoms with van der Waals surface area (Å²) in [5.41, 5.74) is 9.86. The molecular formula is C33H40. The monoisotopic (exact) mass is 436 g/mol. The molecule has 0 saturated carbocycles. The Morgan fingerprint density at radius 2 is 1.21 bits per heavy atom. The van der Waals surface area contributed by atoms with Gasteiger partial charge in [-0.3, -0.25) is 0 Å². The molecule has 0 radical (unpaired) electrons. The Bertz CT molecular complexity index is 1080. The van der Waals surface area contributed by atoms with E-state index in [4.69, 9.17) is 0 Å². The van der Waals surface area contributed by atoms with Crippen molar-refractivity contribution in [2.75, 3.05) is 0 Å². The van der Waals surface area contributed by atoms with Crippen molar-refractivity contribution in [2.45, 2.75) is 48.0 Å². The molecule has 0 spiro atoms. The SMILES string of the molecule is C=C/C=C(\C=C/C(C)C)c1ccc(C)c(-c2cc(C(/C=C\C(C)CC)=C/C=C)ccc2C)c1. The smallest absolute Gasteiger partial charge is 0.0146 e. The van der Waals surface area contributed by atoms with E-state index in [-0.39, 0.29) is 0 Å². The largest absolute Gasteiger partial charge is 0.0990 e. The lowest BCUT2D eigenvalue weighted by molar-refractivity contribution is 0.698. The van der Waals surface area contributed by atoms with E-state index in [1.165, 1.54) is 44.5 Å². The average Bonchev–Trinajstić information content (AvgIpc) is 2.80. The summed E-state index contributed by atoms with van der Waals surface area (Å²) < 4.78 is 0. The van der Waals surface area contributed by atoms with Crippen molar-refractivity contribution < 1.29 is 0 Å². The van der Waals surface area contributed by atoms with E-state index in [2.05, 4.69) is 128 Å². The Balaban J connectivity index is 2.61. The van der Waals surface area contributed by atoms with Gasteiger partial charge in [0.1, 0.15) is 0 Å². The highest BCUT2D eigenvalue weighted by Gasteiger charge is 2.10. The second-order valence-corrected chi connectivity index (χ2v) is 9.12. The Morgan fingerprint density at radius 3 is 1.61 bits per heavy atom. The zero-order valence-corrected chi connectivity index (χ0v) is 21.4. The van der Waals surface area contributed by atoms with Crippen molar-refractivity contribution in [2.24, 2.45) is 11.8 Å². The van der Waals surface area contributed by atoms with Gasteiger partial charge in [-0.15, -0.1) is 0 Å². The normalized spacial score (nSPS) is 13.8. The van der Waals surface area contributed by atoms with Crippen LogP contribution in [0.5, 0.6) is 0 Å². The second-order valence-electron chi connectivity index (χ2n) is 9.12. The predicted molar refractivity (Wildman–Crippen MR) is 150 cm³/mol. The fourth-order valence-corrected chi connectivity index (χ4v) is 3.63. The third-order valence-electron chi connectivity index (χ3n) is 5.94. The molecule has 0 bridgehead atoms. The Labute approximate surface area is 202 Å². The van der Waals surface area contributed by atoms with Crippen molar-refractivity contribution in [3.8, 4) is 11.1 Å². The van der Waals surface area contributed by atoms with Gasteiger partial charge in [0.2, 0.25) is 0 Å². The second kappa shape index (κ2) is 12.8. The van der Waals surface area contributed by atoms with Crippen LogP contribution in [0.15, 0.2) is 98.2 Å². The fourth-order valence-electron chi connectivity index (χ4n) is 3.63. The quantitative estimate of drug-likeness (QED) is 0.325. The maximum absolute atomic E-state index is 3.93. The average molecular weight is 437 g/mol. The highest BCUT2D eigenvalue weighted by atomic mass is 14.1. The molecule has 2 aromatic carbocycles. The number of allylic oxidation sites excluding steroid dienone is 10. The maximum Gasteiger partial charge on any atom is -0.0146 e. The number of benzene rings is 2. The molecule has 0 heteroatoms. The van der Waals surface area contributed by atoms with Gasteiger partial charge in [0.25, 0.3) is 0 Å². The first-order valence-electron chi connectivity index (χ1n) is 12.0. The molecule has 0 fully saturated rings. The van der Waals surface area contributed by atoms with Crippen molar-refractivity contribution in [3.63, 3.8) is 0 Å². The van der Waals surface area contributed by atoms with Crippen LogP contribution in [0.25, 0.3) is 22.3 Å². The molecule has 0 aromatic heterocycles. The van der Waals surface area contributed by atoms with Gasteiger partial charge in [0.05, 0.1) is 0 Å². The summed E-state index contributed by atoms with van der Waals surface area (Å²) in [6.45, 7) is 21.1. The molecule has 2 aromatic rings. The predicted octanol–water partition coefficient (Wildman–Crippen LogP) is 9.92. The molecule has 0 heterocycles. The zero-order valence-electron chi connectivity index (χ0n) is 21.4. The summed E-state index contributed by atoms with van der Waals surface area (Å²) in [6.07, 6.45) is 18.0. The first-order chi connectivity index (χ1) is 15.8. The van der Waals surface area contributed by atoms with Crippen molar-refractivity contribution in [3.05, 3.63) is 120 Å². The lowest BCUT2D eigenvalue weighted by Crippen LogP contribution is -1.93. The van der Waals surface area contributed by atoms with Gasteiger partial charge in [-0.05, 0) is 82.3 Å². The van der Waals surface area contributed by atoms with E-state index < -0.39 is 0 Å². The molecule has 0 aliphatic heterocycles. The molecule has 0 aliphatic carbocycles. The van der Waals surface area contributed by atoms with Gasteiger partial charge in [-0.1, -0.05) is 120 Å². The van der Waals surface area contributed by atoms with Crippen LogP contribution in [0, 0.1) is 25.7 Å². The summed E-state index contributed by atoms with van der Waals surface area (Å²) in [4.78, 5) is 0. The van der Waals surface area contributed by atoms with Gasteiger partial charge in [0, 0.05) is 0 Å². The minimum absolute atomic E-state index is 0.501. The summed E-state index contributed by atoms with van der Waals surface area (Å²) in [7, 11) is 0. The van der Waals surface area contributed by atoms with Gasteiger partial charge >= 0.3 is 0 Å². The van der Waals surface area contributed by atoms with Crippen LogP contribution in [0.4, 0.5) is 0 Å². The van der Waals surface area contributed by atoms with Crippen LogP contribution < -0.4 is 0 Å². The van der Waals surface area contributed by atoms with E-state index in [0.29, 0.717) is 11.8 Å². The van der Waals surface area contributed by atoms with E-state index in [1.54, 1.807) is 0 Å². The first-order valence-corrected chi connectivity index (χ1v) is 12.0. The highest BCUT2D eigenvalue weighted by molar-refractivity contribution is 5.83. The molecular weight excluding hydrogens is 396 g/mol. The van der Waals surface area contributed by atoms with Crippen LogP contribution >= 0.6 is 0 Å². The molecule has 0 aliphatic rings. The third-order valence-corrected chi connectivity index (χ3v) is 5.94. The molecule has 1 unspecified atom stereocenters. The van der Waals surface area contributed by atoms with Gasteiger partial charge in [-0.25, -0.2) is 0 Å². The summed E-state index contributed by atoms with van der Waals surface area (Å²) >= 11 is 0. The van der Waals surface area contributed by atoms with E-state index in [0.717, 1.165) is 6.42 Å². The summed E-state index contributed by atoms with van der Waals surface area (Å²) in [5.74, 6) is 1.05. The van der Waals surface area contributed by atoms with Gasteiger partial charge in [0.15, 0.2) is 0 Å². The Hall–Kier alpha value is -3.12. The molecule has 0 N–H and O–H groups in total. The maximum atomic E-state index is 3.93. The molecule has 0 nitrogen and oxygen atoms in total. The molecule has 33 heavy (non-hydrogen) atoms. The van der Waals surface area contributed by atoms with Gasteiger partial charge in [-0.2, -0.15) is 0 Å². The lowest BCUT2D eigenvalue weighted by atomic mass is 9.90. The minimum atomic E-state index is 0.501. The van der Waals surface area contributed by atoms with Crippen LogP contribution in [0.1, 0.15) is 56.4 Å². The van der Waals surface area contributed by atoms with E-state index in [9.17, 15) is 0 Å². The van der Waals surface area contributed by atoms with Crippen molar-refractivity contribution >= 4 is 11.1 Å². The molecule has 2 rings (SSSR count). The van der Waals surface area contributed by atoms with Crippen LogP contribution in [-0.4, -0.2) is 0 Å². The molecule has 0 saturated heterocycles. The third kappa shape index (κ3) is 7.46. The summed E-state index contributed by atoms with van der Waals surface area (Å²) in [6, 6.07) is 13.5. The lowest BCUT2D eigenvalue weighted by Gasteiger charge is -2.15. The standard InChI is InChI=1S/C33H40/c1-9-12-28(18-14-24(4)5)30-20-16-26(7)32(22-30)33-23-31(21-17-27(33)8)29(13-10-2)19-15-25(6)11-3/h9-10,12-25H,1-2,11H2,3-8H3/b18-14-,19-15-,28-12+,29-13+. The topological polar surface area (TPSA) is 0 Å². The van der Waals surface area contributed by atoms with E-state index in [1.807, 2.05) is 12.2 Å². The molecule has 0 amide bonds. The molecule has 1 atom stereocenters. The number of hydrogen-bond donors (Lipinski definition) is 0. The minimum Gasteiger partial charge on any atom is -0.0990 e. The van der Waals surface area contributed by atoms with Crippen molar-refractivity contribution in [1.29, 1.82) is 0 Å². The number of aryl methyl sites for hydroxylation is 2.